The van der Waals surface area contributed by atoms with Gasteiger partial charge in [0, 0.05) is 25.3 Å². The zero-order valence-corrected chi connectivity index (χ0v) is 17.6. The van der Waals surface area contributed by atoms with E-state index in [4.69, 9.17) is 0 Å². The molecule has 2 aromatic rings. The molecule has 7 nitrogen and oxygen atoms in total. The van der Waals surface area contributed by atoms with Crippen molar-refractivity contribution in [2.75, 3.05) is 52.2 Å². The lowest BCUT2D eigenvalue weighted by molar-refractivity contribution is -1.02. The molecule has 1 aromatic carbocycles. The number of anilines is 1. The zero-order chi connectivity index (χ0) is 19.5. The van der Waals surface area contributed by atoms with Gasteiger partial charge in [-0.3, -0.25) is 0 Å². The molecular formula is C21H35N7+2. The van der Waals surface area contributed by atoms with E-state index in [1.807, 2.05) is 0 Å². The first-order valence-corrected chi connectivity index (χ1v) is 10.8. The number of quaternary nitrogens is 2. The van der Waals surface area contributed by atoms with Gasteiger partial charge in [-0.1, -0.05) is 31.4 Å². The van der Waals surface area contributed by atoms with Crippen LogP contribution in [0, 0.1) is 0 Å². The van der Waals surface area contributed by atoms with E-state index in [2.05, 4.69) is 70.5 Å². The first-order chi connectivity index (χ1) is 13.6. The van der Waals surface area contributed by atoms with E-state index < -0.39 is 0 Å². The summed E-state index contributed by atoms with van der Waals surface area (Å²) in [4.78, 5) is 5.36. The lowest BCUT2D eigenvalue weighted by Crippen LogP contribution is -3.27. The Morgan fingerprint density at radius 1 is 1.00 bits per heavy atom. The van der Waals surface area contributed by atoms with Gasteiger partial charge >= 0.3 is 0 Å². The average Bonchev–Trinajstić information content (AvgIpc) is 3.20. The van der Waals surface area contributed by atoms with E-state index in [-0.39, 0.29) is 6.04 Å². The number of likely N-dealkylation sites (N-methyl/N-ethyl adjacent to an activating group) is 1. The van der Waals surface area contributed by atoms with Crippen molar-refractivity contribution >= 4 is 5.69 Å². The van der Waals surface area contributed by atoms with Gasteiger partial charge in [0.15, 0.2) is 6.04 Å². The second-order valence-electron chi connectivity index (χ2n) is 8.81. The van der Waals surface area contributed by atoms with Crippen LogP contribution in [0.4, 0.5) is 5.69 Å². The molecule has 1 saturated carbocycles. The minimum absolute atomic E-state index is 0.209. The third kappa shape index (κ3) is 4.05. The Kier molecular flexibility index (Phi) is 5.92. The molecule has 1 aliphatic carbocycles. The molecule has 1 saturated heterocycles. The first kappa shape index (κ1) is 19.3. The average molecular weight is 386 g/mol. The second kappa shape index (κ2) is 8.57. The third-order valence-electron chi connectivity index (χ3n) is 6.59. The van der Waals surface area contributed by atoms with Crippen LogP contribution in [-0.2, 0) is 0 Å². The number of hydrogen-bond donors (Lipinski definition) is 2. The quantitative estimate of drug-likeness (QED) is 0.745. The van der Waals surface area contributed by atoms with Crippen LogP contribution < -0.4 is 14.7 Å². The highest BCUT2D eigenvalue weighted by molar-refractivity contribution is 5.46. The van der Waals surface area contributed by atoms with Gasteiger partial charge in [-0.05, 0) is 35.4 Å². The highest BCUT2D eigenvalue weighted by Gasteiger charge is 2.36. The number of nitrogens with one attached hydrogen (secondary N) is 2. The van der Waals surface area contributed by atoms with Crippen molar-refractivity contribution in [2.24, 2.45) is 0 Å². The van der Waals surface area contributed by atoms with Gasteiger partial charge in [-0.15, -0.1) is 5.10 Å². The van der Waals surface area contributed by atoms with Crippen LogP contribution in [-0.4, -0.2) is 67.5 Å². The van der Waals surface area contributed by atoms with Crippen LogP contribution in [0.1, 0.15) is 55.6 Å². The number of nitrogens with zero attached hydrogens (tertiary/aromatic N) is 5. The third-order valence-corrected chi connectivity index (χ3v) is 6.59. The molecule has 2 heterocycles. The van der Waals surface area contributed by atoms with E-state index in [1.54, 1.807) is 9.80 Å². The molecule has 4 rings (SSSR count). The Morgan fingerprint density at radius 2 is 1.68 bits per heavy atom. The van der Waals surface area contributed by atoms with Gasteiger partial charge in [0.1, 0.15) is 26.2 Å². The molecule has 0 unspecified atom stereocenters. The van der Waals surface area contributed by atoms with Gasteiger partial charge in [0.25, 0.3) is 0 Å². The standard InChI is InChI=1S/C21H33N7/c1-25(2)18-11-9-17(10-12-18)20(27-15-13-26(3)14-16-27)21-22-23-24-28(21)19-7-5-4-6-8-19/h9-12,19-20H,4-8,13-16H2,1-3H3/p+2/t20-/m0/s1. The molecule has 152 valence electrons. The topological polar surface area (TPSA) is 55.7 Å². The smallest absolute Gasteiger partial charge is 0.214 e. The molecule has 28 heavy (non-hydrogen) atoms. The minimum atomic E-state index is 0.209. The first-order valence-electron chi connectivity index (χ1n) is 10.8. The van der Waals surface area contributed by atoms with E-state index >= 15 is 0 Å². The molecule has 1 aliphatic heterocycles. The number of tetrazole rings is 1. The Hall–Kier alpha value is -1.99. The van der Waals surface area contributed by atoms with Crippen molar-refractivity contribution in [3.63, 3.8) is 0 Å². The van der Waals surface area contributed by atoms with Gasteiger partial charge < -0.3 is 14.7 Å². The van der Waals surface area contributed by atoms with Gasteiger partial charge in [0.2, 0.25) is 5.82 Å². The fourth-order valence-corrected chi connectivity index (χ4v) is 4.80. The van der Waals surface area contributed by atoms with Crippen molar-refractivity contribution in [3.05, 3.63) is 35.7 Å². The lowest BCUT2D eigenvalue weighted by atomic mass is 9.95. The number of benzene rings is 1. The molecule has 0 bridgehead atoms. The molecule has 2 fully saturated rings. The number of rotatable bonds is 5. The highest BCUT2D eigenvalue weighted by atomic mass is 15.6. The maximum Gasteiger partial charge on any atom is 0.214 e. The highest BCUT2D eigenvalue weighted by Crippen LogP contribution is 2.30. The van der Waals surface area contributed by atoms with Crippen LogP contribution in [0.3, 0.4) is 0 Å². The normalized spacial score (nSPS) is 24.8. The summed E-state index contributed by atoms with van der Waals surface area (Å²) >= 11 is 0. The molecule has 0 radical (unpaired) electrons. The van der Waals surface area contributed by atoms with Gasteiger partial charge in [0.05, 0.1) is 13.1 Å². The summed E-state index contributed by atoms with van der Waals surface area (Å²) in [6, 6.07) is 9.66. The minimum Gasteiger partial charge on any atom is -0.378 e. The summed E-state index contributed by atoms with van der Waals surface area (Å²) < 4.78 is 2.17. The predicted octanol–water partition coefficient (Wildman–Crippen LogP) is -0.253. The lowest BCUT2D eigenvalue weighted by Gasteiger charge is -2.34. The summed E-state index contributed by atoms with van der Waals surface area (Å²) in [5.41, 5.74) is 2.55. The Labute approximate surface area is 168 Å². The molecular weight excluding hydrogens is 350 g/mol. The molecule has 7 heteroatoms. The van der Waals surface area contributed by atoms with E-state index in [0.717, 1.165) is 18.9 Å². The summed E-state index contributed by atoms with van der Waals surface area (Å²) in [6.45, 7) is 4.71. The maximum absolute atomic E-state index is 4.58. The van der Waals surface area contributed by atoms with Crippen LogP contribution in [0.2, 0.25) is 0 Å². The summed E-state index contributed by atoms with van der Waals surface area (Å²) in [5, 5.41) is 13.2. The number of aromatic nitrogens is 4. The SMILES string of the molecule is CN(C)c1ccc([C@@H](c2nnnn2C2CCCCC2)[NH+]2CC[NH+](C)CC2)cc1. The largest absolute Gasteiger partial charge is 0.378 e. The maximum atomic E-state index is 4.58. The molecule has 1 atom stereocenters. The van der Waals surface area contributed by atoms with Crippen molar-refractivity contribution in [1.82, 2.24) is 20.2 Å². The Bertz CT molecular complexity index is 740. The van der Waals surface area contributed by atoms with Gasteiger partial charge in [-0.25, -0.2) is 4.68 Å². The van der Waals surface area contributed by atoms with E-state index in [9.17, 15) is 0 Å². The van der Waals surface area contributed by atoms with Crippen molar-refractivity contribution in [3.8, 4) is 0 Å². The zero-order valence-electron chi connectivity index (χ0n) is 17.6. The van der Waals surface area contributed by atoms with Crippen LogP contribution >= 0.6 is 0 Å². The van der Waals surface area contributed by atoms with Crippen LogP contribution in [0.25, 0.3) is 0 Å². The second-order valence-corrected chi connectivity index (χ2v) is 8.81. The predicted molar refractivity (Wildman–Crippen MR) is 110 cm³/mol. The Balaban J connectivity index is 1.68. The molecule has 1 aromatic heterocycles. The summed E-state index contributed by atoms with van der Waals surface area (Å²) in [7, 11) is 6.47. The monoisotopic (exact) mass is 385 g/mol. The van der Waals surface area contributed by atoms with Crippen molar-refractivity contribution < 1.29 is 9.80 Å². The van der Waals surface area contributed by atoms with Crippen LogP contribution in [0.5, 0.6) is 0 Å². The molecule has 0 amide bonds. The molecule has 2 N–H and O–H groups in total. The fourth-order valence-electron chi connectivity index (χ4n) is 4.80. The number of piperazine rings is 1. The Morgan fingerprint density at radius 3 is 2.32 bits per heavy atom. The van der Waals surface area contributed by atoms with Crippen molar-refractivity contribution in [2.45, 2.75) is 44.2 Å². The summed E-state index contributed by atoms with van der Waals surface area (Å²) in [5.74, 6) is 1.05. The number of hydrogen-bond acceptors (Lipinski definition) is 4. The fraction of sp³-hybridized carbons (Fsp3) is 0.667. The molecule has 2 aliphatic rings. The van der Waals surface area contributed by atoms with E-state index in [1.165, 1.54) is 56.4 Å². The van der Waals surface area contributed by atoms with Gasteiger partial charge in [-0.2, -0.15) is 0 Å². The van der Waals surface area contributed by atoms with Crippen LogP contribution in [0.15, 0.2) is 24.3 Å². The molecule has 0 spiro atoms. The van der Waals surface area contributed by atoms with E-state index in [0.29, 0.717) is 6.04 Å². The summed E-state index contributed by atoms with van der Waals surface area (Å²) in [6.07, 6.45) is 6.32. The van der Waals surface area contributed by atoms with Crippen molar-refractivity contribution in [1.29, 1.82) is 0 Å².